The first-order valence-electron chi connectivity index (χ1n) is 10.2. The van der Waals surface area contributed by atoms with E-state index in [0.29, 0.717) is 12.4 Å². The van der Waals surface area contributed by atoms with E-state index in [4.69, 9.17) is 0 Å². The molecule has 4 saturated carbocycles. The number of hydrogen-bond donors (Lipinski definition) is 2. The minimum atomic E-state index is -0.0995. The zero-order valence-corrected chi connectivity index (χ0v) is 15.9. The summed E-state index contributed by atoms with van der Waals surface area (Å²) in [4.78, 5) is 12.6. The van der Waals surface area contributed by atoms with Crippen LogP contribution in [0.3, 0.4) is 0 Å². The standard InChI is InChI=1S/C22H28N4O/c1-15-2-4-16(5-3-15)14-26-7-6-20(25-26)23-21(27)24-22-11-17-8-18(12-22)10-19(9-17)13-22/h2-7,17-19H,8-14H2,1H3,(H2,23,24,25,27). The third-order valence-electron chi connectivity index (χ3n) is 6.76. The Hall–Kier alpha value is -2.30. The molecular weight excluding hydrogens is 336 g/mol. The summed E-state index contributed by atoms with van der Waals surface area (Å²) in [5.74, 6) is 3.09. The van der Waals surface area contributed by atoms with Gasteiger partial charge in [-0.2, -0.15) is 5.10 Å². The lowest BCUT2D eigenvalue weighted by atomic mass is 9.53. The molecule has 0 saturated heterocycles. The molecule has 1 heterocycles. The summed E-state index contributed by atoms with van der Waals surface area (Å²) >= 11 is 0. The molecule has 4 aliphatic rings. The summed E-state index contributed by atoms with van der Waals surface area (Å²) in [6, 6.07) is 10.2. The summed E-state index contributed by atoms with van der Waals surface area (Å²) in [5.41, 5.74) is 2.49. The third kappa shape index (κ3) is 3.47. The number of rotatable bonds is 4. The van der Waals surface area contributed by atoms with E-state index in [-0.39, 0.29) is 11.6 Å². The number of nitrogens with one attached hydrogen (secondary N) is 2. The molecule has 1 aromatic heterocycles. The van der Waals surface area contributed by atoms with E-state index in [1.54, 1.807) is 0 Å². The third-order valence-corrected chi connectivity index (χ3v) is 6.76. The maximum absolute atomic E-state index is 12.6. The zero-order valence-electron chi connectivity index (χ0n) is 15.9. The Morgan fingerprint density at radius 3 is 2.33 bits per heavy atom. The Balaban J connectivity index is 1.20. The van der Waals surface area contributed by atoms with Crippen molar-refractivity contribution < 1.29 is 4.79 Å². The predicted octanol–water partition coefficient (Wildman–Crippen LogP) is 4.33. The summed E-state index contributed by atoms with van der Waals surface area (Å²) in [6.07, 6.45) is 9.54. The highest BCUT2D eigenvalue weighted by Crippen LogP contribution is 2.55. The Labute approximate surface area is 160 Å². The van der Waals surface area contributed by atoms with Crippen LogP contribution in [-0.4, -0.2) is 21.4 Å². The van der Waals surface area contributed by atoms with Gasteiger partial charge in [-0.15, -0.1) is 0 Å². The molecule has 142 valence electrons. The van der Waals surface area contributed by atoms with E-state index in [0.717, 1.165) is 37.0 Å². The molecule has 5 nitrogen and oxygen atoms in total. The first-order valence-corrected chi connectivity index (χ1v) is 10.2. The van der Waals surface area contributed by atoms with Gasteiger partial charge in [0.1, 0.15) is 0 Å². The van der Waals surface area contributed by atoms with Gasteiger partial charge < -0.3 is 5.32 Å². The molecule has 6 rings (SSSR count). The van der Waals surface area contributed by atoms with Crippen molar-refractivity contribution in [2.45, 2.75) is 57.5 Å². The van der Waals surface area contributed by atoms with Gasteiger partial charge in [0.15, 0.2) is 5.82 Å². The lowest BCUT2D eigenvalue weighted by molar-refractivity contribution is -0.0127. The van der Waals surface area contributed by atoms with E-state index < -0.39 is 0 Å². The van der Waals surface area contributed by atoms with Crippen LogP contribution < -0.4 is 10.6 Å². The summed E-state index contributed by atoms with van der Waals surface area (Å²) in [5, 5.41) is 10.8. The van der Waals surface area contributed by atoms with Crippen molar-refractivity contribution in [3.63, 3.8) is 0 Å². The fraction of sp³-hybridized carbons (Fsp3) is 0.545. The smallest absolute Gasteiger partial charge is 0.320 e. The van der Waals surface area contributed by atoms with Crippen LogP contribution in [-0.2, 0) is 6.54 Å². The van der Waals surface area contributed by atoms with Crippen molar-refractivity contribution in [1.29, 1.82) is 0 Å². The van der Waals surface area contributed by atoms with Gasteiger partial charge in [-0.05, 0) is 68.8 Å². The van der Waals surface area contributed by atoms with Gasteiger partial charge in [-0.3, -0.25) is 10.00 Å². The van der Waals surface area contributed by atoms with Crippen molar-refractivity contribution in [3.8, 4) is 0 Å². The summed E-state index contributed by atoms with van der Waals surface area (Å²) < 4.78 is 1.87. The van der Waals surface area contributed by atoms with Crippen LogP contribution in [0.15, 0.2) is 36.5 Å². The maximum Gasteiger partial charge on any atom is 0.320 e. The molecule has 0 spiro atoms. The highest BCUT2D eigenvalue weighted by Gasteiger charge is 2.51. The van der Waals surface area contributed by atoms with Crippen molar-refractivity contribution in [2.24, 2.45) is 17.8 Å². The van der Waals surface area contributed by atoms with Crippen LogP contribution in [0.25, 0.3) is 0 Å². The van der Waals surface area contributed by atoms with Crippen molar-refractivity contribution in [3.05, 3.63) is 47.7 Å². The molecular formula is C22H28N4O. The molecule has 27 heavy (non-hydrogen) atoms. The molecule has 1 aromatic carbocycles. The summed E-state index contributed by atoms with van der Waals surface area (Å²) in [7, 11) is 0. The van der Waals surface area contributed by atoms with E-state index in [1.165, 1.54) is 30.4 Å². The van der Waals surface area contributed by atoms with E-state index in [2.05, 4.69) is 46.9 Å². The second-order valence-corrected chi connectivity index (χ2v) is 9.16. The lowest BCUT2D eigenvalue weighted by Gasteiger charge is -2.56. The fourth-order valence-electron chi connectivity index (χ4n) is 6.05. The SMILES string of the molecule is Cc1ccc(Cn2ccc(NC(=O)NC34CC5CC(CC(C5)C3)C4)n2)cc1. The molecule has 2 aromatic rings. The number of aryl methyl sites for hydroxylation is 1. The Bertz CT molecular complexity index is 803. The van der Waals surface area contributed by atoms with E-state index in [9.17, 15) is 4.79 Å². The average Bonchev–Trinajstić information content (AvgIpc) is 3.02. The molecule has 0 radical (unpaired) electrons. The van der Waals surface area contributed by atoms with Crippen molar-refractivity contribution >= 4 is 11.8 Å². The number of amides is 2. The average molecular weight is 364 g/mol. The lowest BCUT2D eigenvalue weighted by Crippen LogP contribution is -2.60. The first-order chi connectivity index (χ1) is 13.1. The number of urea groups is 1. The van der Waals surface area contributed by atoms with Crippen molar-refractivity contribution in [1.82, 2.24) is 15.1 Å². The number of nitrogens with zero attached hydrogens (tertiary/aromatic N) is 2. The molecule has 0 atom stereocenters. The number of aromatic nitrogens is 2. The molecule has 4 fully saturated rings. The van der Waals surface area contributed by atoms with Gasteiger partial charge in [-0.1, -0.05) is 29.8 Å². The Morgan fingerprint density at radius 2 is 1.70 bits per heavy atom. The molecule has 0 aliphatic heterocycles. The maximum atomic E-state index is 12.6. The highest BCUT2D eigenvalue weighted by molar-refractivity contribution is 5.88. The first kappa shape index (κ1) is 16.8. The van der Waals surface area contributed by atoms with Gasteiger partial charge >= 0.3 is 6.03 Å². The predicted molar refractivity (Wildman–Crippen MR) is 106 cm³/mol. The highest BCUT2D eigenvalue weighted by atomic mass is 16.2. The number of carbonyl (C=O) groups is 1. The van der Waals surface area contributed by atoms with E-state index >= 15 is 0 Å². The van der Waals surface area contributed by atoms with Gasteiger partial charge in [0.05, 0.1) is 6.54 Å². The second kappa shape index (κ2) is 6.39. The van der Waals surface area contributed by atoms with Crippen LogP contribution in [0.4, 0.5) is 10.6 Å². The Morgan fingerprint density at radius 1 is 1.07 bits per heavy atom. The molecule has 2 amide bonds. The van der Waals surface area contributed by atoms with Gasteiger partial charge in [0.25, 0.3) is 0 Å². The normalized spacial score (nSPS) is 31.1. The number of carbonyl (C=O) groups excluding carboxylic acids is 1. The van der Waals surface area contributed by atoms with Crippen molar-refractivity contribution in [2.75, 3.05) is 5.32 Å². The number of anilines is 1. The number of benzene rings is 1. The van der Waals surface area contributed by atoms with E-state index in [1.807, 2.05) is 16.9 Å². The molecule has 4 bridgehead atoms. The van der Waals surface area contributed by atoms with Crippen LogP contribution in [0.1, 0.15) is 49.7 Å². The quantitative estimate of drug-likeness (QED) is 0.848. The largest absolute Gasteiger partial charge is 0.332 e. The second-order valence-electron chi connectivity index (χ2n) is 9.16. The van der Waals surface area contributed by atoms with Gasteiger partial charge in [0.2, 0.25) is 0 Å². The Kier molecular flexibility index (Phi) is 3.99. The van der Waals surface area contributed by atoms with Gasteiger partial charge in [0, 0.05) is 17.8 Å². The van der Waals surface area contributed by atoms with Crippen LogP contribution in [0.2, 0.25) is 0 Å². The van der Waals surface area contributed by atoms with Gasteiger partial charge in [-0.25, -0.2) is 4.79 Å². The minimum Gasteiger partial charge on any atom is -0.332 e. The number of hydrogen-bond acceptors (Lipinski definition) is 2. The van der Waals surface area contributed by atoms with Crippen LogP contribution in [0.5, 0.6) is 0 Å². The topological polar surface area (TPSA) is 59.0 Å². The summed E-state index contributed by atoms with van der Waals surface area (Å²) in [6.45, 7) is 2.79. The molecule has 0 unspecified atom stereocenters. The fourth-order valence-corrected chi connectivity index (χ4v) is 6.05. The van der Waals surface area contributed by atoms with Crippen LogP contribution >= 0.6 is 0 Å². The van der Waals surface area contributed by atoms with Crippen LogP contribution in [0, 0.1) is 24.7 Å². The molecule has 2 N–H and O–H groups in total. The molecule has 4 aliphatic carbocycles. The monoisotopic (exact) mass is 364 g/mol. The zero-order chi connectivity index (χ0) is 18.4. The minimum absolute atomic E-state index is 0.0310. The molecule has 5 heteroatoms.